The minimum Gasteiger partial charge on any atom is -0.465 e. The highest BCUT2D eigenvalue weighted by molar-refractivity contribution is 5.62. The fourth-order valence-corrected chi connectivity index (χ4v) is 3.10. The summed E-state index contributed by atoms with van der Waals surface area (Å²) in [4.78, 5) is 8.65. The molecular formula is C22H30N2O3. The first kappa shape index (κ1) is 19.6. The van der Waals surface area contributed by atoms with Crippen molar-refractivity contribution in [3.8, 4) is 22.9 Å². The van der Waals surface area contributed by atoms with Gasteiger partial charge in [-0.15, -0.1) is 0 Å². The van der Waals surface area contributed by atoms with Gasteiger partial charge in [-0.3, -0.25) is 0 Å². The Hall–Kier alpha value is -2.14. The van der Waals surface area contributed by atoms with Crippen molar-refractivity contribution in [3.05, 3.63) is 36.7 Å². The molecule has 0 saturated carbocycles. The summed E-state index contributed by atoms with van der Waals surface area (Å²) in [7, 11) is 0. The van der Waals surface area contributed by atoms with Crippen molar-refractivity contribution < 1.29 is 14.2 Å². The molecule has 1 aromatic carbocycles. The van der Waals surface area contributed by atoms with E-state index >= 15 is 0 Å². The average Bonchev–Trinajstić information content (AvgIpc) is 3.21. The largest absolute Gasteiger partial charge is 0.465 e. The van der Waals surface area contributed by atoms with Crippen molar-refractivity contribution in [1.82, 2.24) is 9.97 Å². The smallest absolute Gasteiger partial charge is 0.316 e. The summed E-state index contributed by atoms with van der Waals surface area (Å²) in [6.45, 7) is 3.70. The molecule has 1 aromatic heterocycles. The predicted octanol–water partition coefficient (Wildman–Crippen LogP) is 5.40. The molecule has 0 amide bonds. The summed E-state index contributed by atoms with van der Waals surface area (Å²) < 4.78 is 16.9. The Morgan fingerprint density at radius 1 is 0.963 bits per heavy atom. The predicted molar refractivity (Wildman–Crippen MR) is 106 cm³/mol. The number of nitrogens with zero attached hydrogens (tertiary/aromatic N) is 2. The van der Waals surface area contributed by atoms with Crippen LogP contribution in [-0.4, -0.2) is 29.5 Å². The maximum atomic E-state index is 5.80. The molecule has 1 unspecified atom stereocenters. The summed E-state index contributed by atoms with van der Waals surface area (Å²) in [6, 6.07) is 8.39. The lowest BCUT2D eigenvalue weighted by atomic mass is 10.1. The number of hydrogen-bond acceptors (Lipinski definition) is 5. The molecule has 1 atom stereocenters. The van der Waals surface area contributed by atoms with Crippen LogP contribution in [0.5, 0.6) is 11.8 Å². The van der Waals surface area contributed by atoms with Crippen molar-refractivity contribution in [1.29, 1.82) is 0 Å². The van der Waals surface area contributed by atoms with Gasteiger partial charge in [-0.1, -0.05) is 51.2 Å². The molecule has 2 aromatic rings. The van der Waals surface area contributed by atoms with E-state index in [2.05, 4.69) is 16.9 Å². The van der Waals surface area contributed by atoms with E-state index in [1.165, 1.54) is 32.1 Å². The molecule has 1 aliphatic rings. The Bertz CT molecular complexity index is 652. The van der Waals surface area contributed by atoms with E-state index < -0.39 is 0 Å². The van der Waals surface area contributed by atoms with Gasteiger partial charge in [-0.05, 0) is 30.5 Å². The van der Waals surface area contributed by atoms with Crippen molar-refractivity contribution in [2.45, 2.75) is 64.6 Å². The fraction of sp³-hybridized carbons (Fsp3) is 0.545. The standard InChI is InChI=1S/C22H30N2O3/c1-2-3-4-5-6-7-14-26-22-23-16-19(17-24-22)18-10-12-20(13-11-18)27-21-9-8-15-25-21/h10-13,16-17,21H,2-9,14-15H2,1H3. The second kappa shape index (κ2) is 10.9. The fourth-order valence-electron chi connectivity index (χ4n) is 3.10. The van der Waals surface area contributed by atoms with Crippen LogP contribution in [0.2, 0.25) is 0 Å². The monoisotopic (exact) mass is 370 g/mol. The topological polar surface area (TPSA) is 53.5 Å². The van der Waals surface area contributed by atoms with E-state index in [4.69, 9.17) is 14.2 Å². The van der Waals surface area contributed by atoms with Crippen LogP contribution in [0.1, 0.15) is 58.3 Å². The first-order chi connectivity index (χ1) is 13.3. The van der Waals surface area contributed by atoms with Crippen molar-refractivity contribution in [2.75, 3.05) is 13.2 Å². The van der Waals surface area contributed by atoms with Gasteiger partial charge in [-0.2, -0.15) is 0 Å². The molecule has 1 fully saturated rings. The van der Waals surface area contributed by atoms with Crippen LogP contribution in [0.4, 0.5) is 0 Å². The Labute approximate surface area is 162 Å². The first-order valence-electron chi connectivity index (χ1n) is 10.2. The van der Waals surface area contributed by atoms with Crippen molar-refractivity contribution in [3.63, 3.8) is 0 Å². The Kier molecular flexibility index (Phi) is 7.90. The first-order valence-corrected chi connectivity index (χ1v) is 10.2. The SMILES string of the molecule is CCCCCCCCOc1ncc(-c2ccc(OC3CCCO3)cc2)cn1. The third-order valence-corrected chi connectivity index (χ3v) is 4.70. The second-order valence-corrected chi connectivity index (χ2v) is 6.96. The quantitative estimate of drug-likeness (QED) is 0.496. The molecule has 2 heterocycles. The molecule has 5 heteroatoms. The van der Waals surface area contributed by atoms with Gasteiger partial charge in [-0.25, -0.2) is 9.97 Å². The van der Waals surface area contributed by atoms with Gasteiger partial charge in [0.1, 0.15) is 5.75 Å². The Morgan fingerprint density at radius 3 is 2.41 bits per heavy atom. The van der Waals surface area contributed by atoms with Crippen molar-refractivity contribution in [2.24, 2.45) is 0 Å². The summed E-state index contributed by atoms with van der Waals surface area (Å²) in [5.74, 6) is 0.824. The third-order valence-electron chi connectivity index (χ3n) is 4.70. The van der Waals surface area contributed by atoms with Crippen LogP contribution in [-0.2, 0) is 4.74 Å². The minimum atomic E-state index is -0.109. The van der Waals surface area contributed by atoms with E-state index in [9.17, 15) is 0 Å². The van der Waals surface area contributed by atoms with Gasteiger partial charge < -0.3 is 14.2 Å². The molecule has 3 rings (SSSR count). The van der Waals surface area contributed by atoms with Crippen LogP contribution in [0.25, 0.3) is 11.1 Å². The molecule has 1 aliphatic heterocycles. The zero-order valence-corrected chi connectivity index (χ0v) is 16.2. The maximum Gasteiger partial charge on any atom is 0.316 e. The van der Waals surface area contributed by atoms with Gasteiger partial charge in [0.05, 0.1) is 13.2 Å². The van der Waals surface area contributed by atoms with Crippen LogP contribution < -0.4 is 9.47 Å². The molecule has 27 heavy (non-hydrogen) atoms. The van der Waals surface area contributed by atoms with E-state index in [0.717, 1.165) is 42.7 Å². The Balaban J connectivity index is 1.42. The molecule has 1 saturated heterocycles. The van der Waals surface area contributed by atoms with Crippen LogP contribution in [0.3, 0.4) is 0 Å². The zero-order valence-electron chi connectivity index (χ0n) is 16.2. The lowest BCUT2D eigenvalue weighted by Crippen LogP contribution is -2.13. The summed E-state index contributed by atoms with van der Waals surface area (Å²) in [5.41, 5.74) is 2.02. The molecular weight excluding hydrogens is 340 g/mol. The summed E-state index contributed by atoms with van der Waals surface area (Å²) in [5, 5.41) is 0. The average molecular weight is 370 g/mol. The molecule has 0 N–H and O–H groups in total. The number of benzene rings is 1. The van der Waals surface area contributed by atoms with Gasteiger partial charge >= 0.3 is 6.01 Å². The van der Waals surface area contributed by atoms with E-state index in [0.29, 0.717) is 12.6 Å². The zero-order chi connectivity index (χ0) is 18.7. The van der Waals surface area contributed by atoms with Crippen LogP contribution >= 0.6 is 0 Å². The van der Waals surface area contributed by atoms with Gasteiger partial charge in [0.2, 0.25) is 0 Å². The lowest BCUT2D eigenvalue weighted by Gasteiger charge is -2.13. The number of ether oxygens (including phenoxy) is 3. The van der Waals surface area contributed by atoms with Gasteiger partial charge in [0, 0.05) is 24.4 Å². The van der Waals surface area contributed by atoms with Gasteiger partial charge in [0.25, 0.3) is 0 Å². The molecule has 0 bridgehead atoms. The Morgan fingerprint density at radius 2 is 1.70 bits per heavy atom. The summed E-state index contributed by atoms with van der Waals surface area (Å²) >= 11 is 0. The number of aromatic nitrogens is 2. The van der Waals surface area contributed by atoms with Crippen molar-refractivity contribution >= 4 is 0 Å². The highest BCUT2D eigenvalue weighted by Crippen LogP contribution is 2.24. The van der Waals surface area contributed by atoms with Gasteiger partial charge in [0.15, 0.2) is 6.29 Å². The second-order valence-electron chi connectivity index (χ2n) is 6.96. The molecule has 146 valence electrons. The molecule has 0 aliphatic carbocycles. The highest BCUT2D eigenvalue weighted by Gasteiger charge is 2.16. The normalized spacial score (nSPS) is 16.4. The minimum absolute atomic E-state index is 0.109. The van der Waals surface area contributed by atoms with E-state index in [-0.39, 0.29) is 6.29 Å². The van der Waals surface area contributed by atoms with E-state index in [1.54, 1.807) is 12.4 Å². The number of unbranched alkanes of at least 4 members (excludes halogenated alkanes) is 5. The summed E-state index contributed by atoms with van der Waals surface area (Å²) in [6.07, 6.45) is 13.0. The van der Waals surface area contributed by atoms with E-state index in [1.807, 2.05) is 24.3 Å². The lowest BCUT2D eigenvalue weighted by molar-refractivity contribution is -0.0390. The molecule has 0 radical (unpaired) electrons. The van der Waals surface area contributed by atoms with Crippen LogP contribution in [0, 0.1) is 0 Å². The molecule has 0 spiro atoms. The molecule has 5 nitrogen and oxygen atoms in total. The van der Waals surface area contributed by atoms with Crippen LogP contribution in [0.15, 0.2) is 36.7 Å². The number of hydrogen-bond donors (Lipinski definition) is 0. The highest BCUT2D eigenvalue weighted by atomic mass is 16.7. The third kappa shape index (κ3) is 6.51. The maximum absolute atomic E-state index is 5.80. The number of rotatable bonds is 11.